The summed E-state index contributed by atoms with van der Waals surface area (Å²) in [7, 11) is 1.69. The molecule has 112 valence electrons. The molecule has 0 spiro atoms. The Morgan fingerprint density at radius 2 is 2.05 bits per heavy atom. The van der Waals surface area contributed by atoms with Crippen molar-refractivity contribution < 1.29 is 4.74 Å². The first kappa shape index (κ1) is 14.6. The minimum absolute atomic E-state index is 0.0389. The molecule has 1 aliphatic rings. The zero-order valence-corrected chi connectivity index (χ0v) is 13.2. The molecule has 3 N–H and O–H groups in total. The van der Waals surface area contributed by atoms with Crippen molar-refractivity contribution in [1.29, 1.82) is 0 Å². The molecule has 0 saturated heterocycles. The molecule has 0 saturated carbocycles. The third-order valence-electron chi connectivity index (χ3n) is 4.14. The topological polar surface area (TPSA) is 47.3 Å². The van der Waals surface area contributed by atoms with E-state index in [1.54, 1.807) is 12.0 Å². The van der Waals surface area contributed by atoms with Crippen LogP contribution in [0.15, 0.2) is 30.3 Å². The molecule has 3 nitrogen and oxygen atoms in total. The molecule has 1 aromatic carbocycles. The second kappa shape index (κ2) is 6.60. The van der Waals surface area contributed by atoms with Gasteiger partial charge in [-0.15, -0.1) is 11.3 Å². The summed E-state index contributed by atoms with van der Waals surface area (Å²) in [6.07, 6.45) is 6.40. The molecule has 0 aliphatic heterocycles. The summed E-state index contributed by atoms with van der Waals surface area (Å²) in [5.41, 5.74) is 5.64. The van der Waals surface area contributed by atoms with Crippen LogP contribution in [-0.2, 0) is 12.8 Å². The normalized spacial score (nSPS) is 16.1. The van der Waals surface area contributed by atoms with Crippen molar-refractivity contribution in [2.45, 2.75) is 38.1 Å². The molecule has 1 atom stereocenters. The first-order valence-electron chi connectivity index (χ1n) is 7.53. The molecule has 21 heavy (non-hydrogen) atoms. The Morgan fingerprint density at radius 1 is 1.19 bits per heavy atom. The van der Waals surface area contributed by atoms with Gasteiger partial charge < -0.3 is 4.74 Å². The number of aryl methyl sites for hydroxylation is 2. The van der Waals surface area contributed by atoms with Crippen LogP contribution in [0, 0.1) is 0 Å². The van der Waals surface area contributed by atoms with Gasteiger partial charge in [-0.05, 0) is 55.0 Å². The second-order valence-corrected chi connectivity index (χ2v) is 6.70. The molecule has 1 heterocycles. The monoisotopic (exact) mass is 302 g/mol. The van der Waals surface area contributed by atoms with Crippen molar-refractivity contribution in [3.05, 3.63) is 51.2 Å². The van der Waals surface area contributed by atoms with Crippen LogP contribution in [0.1, 0.15) is 46.2 Å². The van der Waals surface area contributed by atoms with Crippen molar-refractivity contribution in [1.82, 2.24) is 5.43 Å². The number of nitrogens with one attached hydrogen (secondary N) is 1. The van der Waals surface area contributed by atoms with Crippen LogP contribution in [0.2, 0.25) is 0 Å². The zero-order chi connectivity index (χ0) is 14.7. The minimum atomic E-state index is 0.0389. The molecule has 1 unspecified atom stereocenters. The lowest BCUT2D eigenvalue weighted by Crippen LogP contribution is -2.28. The fraction of sp³-hybridized carbons (Fsp3) is 0.412. The third kappa shape index (κ3) is 3.12. The molecule has 0 bridgehead atoms. The van der Waals surface area contributed by atoms with Crippen molar-refractivity contribution in [2.75, 3.05) is 7.11 Å². The molecule has 3 rings (SSSR count). The lowest BCUT2D eigenvalue weighted by Gasteiger charge is -2.15. The maximum absolute atomic E-state index is 5.83. The van der Waals surface area contributed by atoms with Gasteiger partial charge in [0.05, 0.1) is 13.2 Å². The number of nitrogens with two attached hydrogens (primary N) is 1. The molecule has 1 aliphatic carbocycles. The van der Waals surface area contributed by atoms with Crippen LogP contribution in [0.3, 0.4) is 0 Å². The standard InChI is InChI=1S/C17H22N2OS/c1-20-14-8-5-7-13(10-14)17(19-18)16-11-12-6-3-2-4-9-15(12)21-16/h5,7-8,10-11,17,19H,2-4,6,9,18H2,1H3. The molecule has 0 radical (unpaired) electrons. The summed E-state index contributed by atoms with van der Waals surface area (Å²) in [5.74, 6) is 6.70. The highest BCUT2D eigenvalue weighted by Crippen LogP contribution is 2.35. The largest absolute Gasteiger partial charge is 0.497 e. The summed E-state index contributed by atoms with van der Waals surface area (Å²) in [4.78, 5) is 2.85. The molecule has 0 fully saturated rings. The van der Waals surface area contributed by atoms with E-state index in [0.717, 1.165) is 11.3 Å². The fourth-order valence-electron chi connectivity index (χ4n) is 3.00. The fourth-order valence-corrected chi connectivity index (χ4v) is 4.34. The van der Waals surface area contributed by atoms with Crippen LogP contribution in [-0.4, -0.2) is 7.11 Å². The van der Waals surface area contributed by atoms with Gasteiger partial charge in [0.15, 0.2) is 0 Å². The van der Waals surface area contributed by atoms with E-state index < -0.39 is 0 Å². The van der Waals surface area contributed by atoms with Crippen LogP contribution >= 0.6 is 11.3 Å². The van der Waals surface area contributed by atoms with E-state index in [0.29, 0.717) is 0 Å². The predicted molar refractivity (Wildman–Crippen MR) is 87.7 cm³/mol. The average Bonchev–Trinajstić information content (AvgIpc) is 2.78. The van der Waals surface area contributed by atoms with Crippen molar-refractivity contribution >= 4 is 11.3 Å². The predicted octanol–water partition coefficient (Wildman–Crippen LogP) is 3.58. The van der Waals surface area contributed by atoms with Gasteiger partial charge in [0.2, 0.25) is 0 Å². The number of fused-ring (bicyclic) bond motifs is 1. The van der Waals surface area contributed by atoms with Gasteiger partial charge >= 0.3 is 0 Å². The van der Waals surface area contributed by atoms with Gasteiger partial charge in [-0.25, -0.2) is 5.43 Å². The summed E-state index contributed by atoms with van der Waals surface area (Å²) >= 11 is 1.91. The van der Waals surface area contributed by atoms with E-state index in [4.69, 9.17) is 10.6 Å². The van der Waals surface area contributed by atoms with Gasteiger partial charge in [0.25, 0.3) is 0 Å². The average molecular weight is 302 g/mol. The maximum atomic E-state index is 5.83. The van der Waals surface area contributed by atoms with Gasteiger partial charge in [-0.2, -0.15) is 0 Å². The Balaban J connectivity index is 1.92. The van der Waals surface area contributed by atoms with Crippen molar-refractivity contribution in [3.8, 4) is 5.75 Å². The Hall–Kier alpha value is -1.36. The van der Waals surface area contributed by atoms with Gasteiger partial charge in [0, 0.05) is 9.75 Å². The summed E-state index contributed by atoms with van der Waals surface area (Å²) in [5, 5.41) is 0. The van der Waals surface area contributed by atoms with E-state index in [1.807, 2.05) is 23.5 Å². The minimum Gasteiger partial charge on any atom is -0.497 e. The number of rotatable bonds is 4. The van der Waals surface area contributed by atoms with E-state index in [-0.39, 0.29) is 6.04 Å². The summed E-state index contributed by atoms with van der Waals surface area (Å²) < 4.78 is 5.32. The Bertz CT molecular complexity index is 585. The number of hydrogen-bond acceptors (Lipinski definition) is 4. The number of thiophene rings is 1. The molecule has 4 heteroatoms. The molecule has 0 amide bonds. The number of hydrogen-bond donors (Lipinski definition) is 2. The van der Waals surface area contributed by atoms with Crippen LogP contribution in [0.4, 0.5) is 0 Å². The van der Waals surface area contributed by atoms with Gasteiger partial charge in [-0.3, -0.25) is 5.84 Å². The summed E-state index contributed by atoms with van der Waals surface area (Å²) in [6.45, 7) is 0. The van der Waals surface area contributed by atoms with Crippen molar-refractivity contribution in [3.63, 3.8) is 0 Å². The van der Waals surface area contributed by atoms with E-state index >= 15 is 0 Å². The quantitative estimate of drug-likeness (QED) is 0.515. The highest BCUT2D eigenvalue weighted by Gasteiger charge is 2.19. The lowest BCUT2D eigenvalue weighted by molar-refractivity contribution is 0.413. The van der Waals surface area contributed by atoms with Crippen molar-refractivity contribution in [2.24, 2.45) is 5.84 Å². The summed E-state index contributed by atoms with van der Waals surface area (Å²) in [6, 6.07) is 10.5. The first-order chi connectivity index (χ1) is 10.3. The van der Waals surface area contributed by atoms with E-state index in [1.165, 1.54) is 42.5 Å². The third-order valence-corrected chi connectivity index (χ3v) is 5.45. The smallest absolute Gasteiger partial charge is 0.119 e. The van der Waals surface area contributed by atoms with Crippen LogP contribution in [0.5, 0.6) is 5.75 Å². The van der Waals surface area contributed by atoms with Gasteiger partial charge in [-0.1, -0.05) is 18.6 Å². The highest BCUT2D eigenvalue weighted by atomic mass is 32.1. The Morgan fingerprint density at radius 3 is 2.86 bits per heavy atom. The number of benzene rings is 1. The number of hydrazine groups is 1. The number of methoxy groups -OCH3 is 1. The van der Waals surface area contributed by atoms with E-state index in [2.05, 4.69) is 23.6 Å². The van der Waals surface area contributed by atoms with Crippen LogP contribution < -0.4 is 16.0 Å². The maximum Gasteiger partial charge on any atom is 0.119 e. The van der Waals surface area contributed by atoms with E-state index in [9.17, 15) is 0 Å². The van der Waals surface area contributed by atoms with Gasteiger partial charge in [0.1, 0.15) is 5.75 Å². The number of ether oxygens (including phenoxy) is 1. The Kier molecular flexibility index (Phi) is 4.58. The second-order valence-electron chi connectivity index (χ2n) is 5.53. The molecule has 2 aromatic rings. The molecule has 1 aromatic heterocycles. The Labute approximate surface area is 130 Å². The SMILES string of the molecule is COc1cccc(C(NN)c2cc3c(s2)CCCCC3)c1. The van der Waals surface area contributed by atoms with Crippen LogP contribution in [0.25, 0.3) is 0 Å². The highest BCUT2D eigenvalue weighted by molar-refractivity contribution is 7.12. The molecular weight excluding hydrogens is 280 g/mol. The first-order valence-corrected chi connectivity index (χ1v) is 8.35. The lowest BCUT2D eigenvalue weighted by atomic mass is 10.0. The zero-order valence-electron chi connectivity index (χ0n) is 12.4. The molecular formula is C17H22N2OS.